The zero-order valence-electron chi connectivity index (χ0n) is 21.0. The number of carbonyl (C=O) groups is 1. The lowest BCUT2D eigenvalue weighted by molar-refractivity contribution is 0.0719. The van der Waals surface area contributed by atoms with Gasteiger partial charge in [-0.3, -0.25) is 4.79 Å². The van der Waals surface area contributed by atoms with Gasteiger partial charge in [-0.25, -0.2) is 8.78 Å². The quantitative estimate of drug-likeness (QED) is 0.381. The van der Waals surface area contributed by atoms with Crippen LogP contribution in [0.5, 0.6) is 11.5 Å². The van der Waals surface area contributed by atoms with Gasteiger partial charge in [0, 0.05) is 42.3 Å². The van der Waals surface area contributed by atoms with Crippen LogP contribution in [0.4, 0.5) is 8.78 Å². The van der Waals surface area contributed by atoms with E-state index in [0.717, 1.165) is 5.56 Å². The third kappa shape index (κ3) is 4.65. The molecular weight excluding hydrogens is 502 g/mol. The number of halogens is 3. The number of aliphatic hydroxyl groups excluding tert-OH is 1. The topological polar surface area (TPSA) is 79.8 Å². The van der Waals surface area contributed by atoms with Crippen LogP contribution in [-0.2, 0) is 5.60 Å². The summed E-state index contributed by atoms with van der Waals surface area (Å²) in [5.41, 5.74) is 0.147. The highest BCUT2D eigenvalue weighted by molar-refractivity contribution is 6.34. The molecule has 6 nitrogen and oxygen atoms in total. The Bertz CT molecular complexity index is 1320. The van der Waals surface area contributed by atoms with Crippen molar-refractivity contribution in [2.75, 3.05) is 27.2 Å². The van der Waals surface area contributed by atoms with E-state index in [2.05, 4.69) is 10.6 Å². The monoisotopic (exact) mass is 530 g/mol. The van der Waals surface area contributed by atoms with Crippen LogP contribution in [0.15, 0.2) is 48.5 Å². The van der Waals surface area contributed by atoms with Crippen LogP contribution in [0, 0.1) is 11.6 Å². The summed E-state index contributed by atoms with van der Waals surface area (Å²) in [5, 5.41) is 14.9. The Balaban J connectivity index is 2.02. The predicted molar refractivity (Wildman–Crippen MR) is 138 cm³/mol. The number of rotatable bonds is 8. The lowest BCUT2D eigenvalue weighted by atomic mass is 9.77. The van der Waals surface area contributed by atoms with E-state index < -0.39 is 35.2 Å². The number of ether oxygens (including phenoxy) is 2. The Labute approximate surface area is 219 Å². The average Bonchev–Trinajstić information content (AvgIpc) is 3.16. The maximum absolute atomic E-state index is 16.1. The summed E-state index contributed by atoms with van der Waals surface area (Å²) in [4.78, 5) is 12.8. The van der Waals surface area contributed by atoms with E-state index in [-0.39, 0.29) is 39.8 Å². The summed E-state index contributed by atoms with van der Waals surface area (Å²) < 4.78 is 43.3. The van der Waals surface area contributed by atoms with Gasteiger partial charge in [0.2, 0.25) is 0 Å². The van der Waals surface area contributed by atoms with Crippen molar-refractivity contribution in [3.63, 3.8) is 0 Å². The van der Waals surface area contributed by atoms with Gasteiger partial charge < -0.3 is 25.2 Å². The van der Waals surface area contributed by atoms with Gasteiger partial charge in [0.1, 0.15) is 18.2 Å². The second-order valence-corrected chi connectivity index (χ2v) is 9.49. The molecule has 0 radical (unpaired) electrons. The van der Waals surface area contributed by atoms with Crippen molar-refractivity contribution in [2.45, 2.75) is 31.5 Å². The number of hydrogen-bond donors (Lipinski definition) is 3. The number of aliphatic hydroxyl groups is 1. The first-order chi connectivity index (χ1) is 17.7. The second-order valence-electron chi connectivity index (χ2n) is 9.11. The molecule has 0 aromatic heterocycles. The van der Waals surface area contributed by atoms with Crippen LogP contribution in [0.1, 0.15) is 41.3 Å². The molecule has 0 bridgehead atoms. The van der Waals surface area contributed by atoms with Crippen LogP contribution < -0.4 is 20.1 Å². The van der Waals surface area contributed by atoms with E-state index in [9.17, 15) is 9.90 Å². The fraction of sp³-hybridized carbons (Fsp3) is 0.321. The van der Waals surface area contributed by atoms with Crippen LogP contribution in [-0.4, -0.2) is 44.4 Å². The molecule has 37 heavy (non-hydrogen) atoms. The highest BCUT2D eigenvalue weighted by Crippen LogP contribution is 2.56. The number of nitrogens with one attached hydrogen (secondary N) is 2. The molecule has 196 valence electrons. The van der Waals surface area contributed by atoms with Crippen molar-refractivity contribution in [3.05, 3.63) is 81.9 Å². The largest absolute Gasteiger partial charge is 0.488 e. The van der Waals surface area contributed by atoms with E-state index in [0.29, 0.717) is 12.1 Å². The van der Waals surface area contributed by atoms with E-state index in [1.807, 2.05) is 37.3 Å². The van der Waals surface area contributed by atoms with Crippen LogP contribution in [0.3, 0.4) is 0 Å². The minimum atomic E-state index is -0.950. The van der Waals surface area contributed by atoms with Gasteiger partial charge in [0.05, 0.1) is 16.7 Å². The molecule has 9 heteroatoms. The minimum Gasteiger partial charge on any atom is -0.488 e. The number of likely N-dealkylation sites (N-methyl/N-ethyl adjacent to an activating group) is 1. The molecule has 0 saturated heterocycles. The molecule has 0 saturated carbocycles. The molecule has 0 spiro atoms. The van der Waals surface area contributed by atoms with Crippen molar-refractivity contribution in [3.8, 4) is 22.6 Å². The third-order valence-electron chi connectivity index (χ3n) is 6.66. The van der Waals surface area contributed by atoms with Crippen molar-refractivity contribution in [1.82, 2.24) is 10.6 Å². The summed E-state index contributed by atoms with van der Waals surface area (Å²) in [6.45, 7) is 3.59. The highest BCUT2D eigenvalue weighted by Gasteiger charge is 2.49. The molecule has 1 heterocycles. The molecule has 1 aliphatic rings. The Morgan fingerprint density at radius 2 is 1.89 bits per heavy atom. The number of amides is 1. The Hall–Kier alpha value is -3.20. The first-order valence-electron chi connectivity index (χ1n) is 11.9. The lowest BCUT2D eigenvalue weighted by Crippen LogP contribution is -2.43. The first kappa shape index (κ1) is 26.9. The zero-order valence-corrected chi connectivity index (χ0v) is 21.7. The zero-order chi connectivity index (χ0) is 26.9. The number of carbonyl (C=O) groups excluding carboxylic acids is 1. The predicted octanol–water partition coefficient (Wildman–Crippen LogP) is 5.02. The number of hydrogen-bond acceptors (Lipinski definition) is 5. The van der Waals surface area contributed by atoms with Gasteiger partial charge in [-0.05, 0) is 31.7 Å². The molecule has 3 aromatic rings. The SMILES string of the molecule is CNCC1(c2ccccc2)Oc2cc(F)c(Cl)c(-c3c(C(=O)NC)ccc(OC[C@H](C)O)c3F)c2C1C. The lowest BCUT2D eigenvalue weighted by Gasteiger charge is -2.33. The maximum atomic E-state index is 16.1. The normalized spacial score (nSPS) is 19.2. The van der Waals surface area contributed by atoms with Gasteiger partial charge in [0.15, 0.2) is 17.2 Å². The minimum absolute atomic E-state index is 0.0247. The molecule has 0 fully saturated rings. The second kappa shape index (κ2) is 10.7. The fourth-order valence-electron chi connectivity index (χ4n) is 4.92. The summed E-state index contributed by atoms with van der Waals surface area (Å²) in [6.07, 6.45) is -0.857. The molecule has 2 unspecified atom stereocenters. The van der Waals surface area contributed by atoms with Crippen LogP contribution >= 0.6 is 11.6 Å². The smallest absolute Gasteiger partial charge is 0.251 e. The molecule has 3 N–H and O–H groups in total. The maximum Gasteiger partial charge on any atom is 0.251 e. The van der Waals surface area contributed by atoms with Gasteiger partial charge in [0.25, 0.3) is 5.91 Å². The Morgan fingerprint density at radius 3 is 2.51 bits per heavy atom. The van der Waals surface area contributed by atoms with Gasteiger partial charge in [-0.1, -0.05) is 48.9 Å². The van der Waals surface area contributed by atoms with E-state index in [4.69, 9.17) is 21.1 Å². The Kier molecular flexibility index (Phi) is 7.73. The van der Waals surface area contributed by atoms with Crippen LogP contribution in [0.25, 0.3) is 11.1 Å². The van der Waals surface area contributed by atoms with Crippen molar-refractivity contribution >= 4 is 17.5 Å². The van der Waals surface area contributed by atoms with Crippen LogP contribution in [0.2, 0.25) is 5.02 Å². The van der Waals surface area contributed by atoms with E-state index >= 15 is 8.78 Å². The van der Waals surface area contributed by atoms with Gasteiger partial charge >= 0.3 is 0 Å². The van der Waals surface area contributed by atoms with Crippen molar-refractivity contribution < 1.29 is 28.2 Å². The standard InChI is InChI=1S/C28H29ClF2N2O4/c1-15(34)13-36-20-11-10-18(27(35)33-4)23(26(20)31)24-22-16(2)28(14-32-3,17-8-6-5-7-9-17)37-21(22)12-19(30)25(24)29/h5-12,15-16,32,34H,13-14H2,1-4H3,(H,33,35)/t15-,16?,28?/m0/s1. The van der Waals surface area contributed by atoms with E-state index in [1.165, 1.54) is 32.2 Å². The molecule has 1 amide bonds. The molecule has 1 aliphatic heterocycles. The molecule has 3 aromatic carbocycles. The molecule has 4 rings (SSSR count). The number of benzene rings is 3. The number of fused-ring (bicyclic) bond motifs is 1. The van der Waals surface area contributed by atoms with Crippen molar-refractivity contribution in [2.24, 2.45) is 0 Å². The third-order valence-corrected chi connectivity index (χ3v) is 7.03. The molecule has 3 atom stereocenters. The summed E-state index contributed by atoms with van der Waals surface area (Å²) >= 11 is 6.54. The summed E-state index contributed by atoms with van der Waals surface area (Å²) in [5.74, 6) is -2.71. The summed E-state index contributed by atoms with van der Waals surface area (Å²) in [6, 6.07) is 13.4. The fourth-order valence-corrected chi connectivity index (χ4v) is 5.17. The van der Waals surface area contributed by atoms with E-state index in [1.54, 1.807) is 7.05 Å². The molecular formula is C28H29ClF2N2O4. The average molecular weight is 531 g/mol. The van der Waals surface area contributed by atoms with Crippen molar-refractivity contribution in [1.29, 1.82) is 0 Å². The first-order valence-corrected chi connectivity index (χ1v) is 12.3. The molecule has 0 aliphatic carbocycles. The summed E-state index contributed by atoms with van der Waals surface area (Å²) in [7, 11) is 3.20. The Morgan fingerprint density at radius 1 is 1.19 bits per heavy atom. The van der Waals surface area contributed by atoms with Gasteiger partial charge in [-0.15, -0.1) is 0 Å². The van der Waals surface area contributed by atoms with Gasteiger partial charge in [-0.2, -0.15) is 0 Å². The highest BCUT2D eigenvalue weighted by atomic mass is 35.5.